The average Bonchev–Trinajstić information content (AvgIpc) is 3.48. The highest BCUT2D eigenvalue weighted by Gasteiger charge is 2.28. The van der Waals surface area contributed by atoms with Gasteiger partial charge in [0.2, 0.25) is 0 Å². The smallest absolute Gasteiger partial charge is 0.410 e. The summed E-state index contributed by atoms with van der Waals surface area (Å²) in [5.74, 6) is 0.645. The van der Waals surface area contributed by atoms with E-state index in [0.717, 1.165) is 57.3 Å². The number of para-hydroxylation sites is 2. The minimum atomic E-state index is -0.524. The first-order valence-electron chi connectivity index (χ1n) is 16.2. The van der Waals surface area contributed by atoms with Crippen LogP contribution in [0.1, 0.15) is 55.5 Å². The van der Waals surface area contributed by atoms with Gasteiger partial charge in [-0.3, -0.25) is 4.79 Å². The van der Waals surface area contributed by atoms with Gasteiger partial charge in [0.25, 0.3) is 5.91 Å². The molecule has 7 rings (SSSR count). The topological polar surface area (TPSA) is 110 Å². The molecule has 1 unspecified atom stereocenters. The first-order valence-corrected chi connectivity index (χ1v) is 16.2. The molecule has 0 saturated carbocycles. The van der Waals surface area contributed by atoms with E-state index in [9.17, 15) is 9.59 Å². The van der Waals surface area contributed by atoms with E-state index in [1.54, 1.807) is 4.90 Å². The van der Waals surface area contributed by atoms with Crippen LogP contribution in [0.3, 0.4) is 0 Å². The minimum Gasteiger partial charge on any atom is -0.455 e. The van der Waals surface area contributed by atoms with Crippen molar-refractivity contribution in [2.24, 2.45) is 0 Å². The maximum absolute atomic E-state index is 13.1. The monoisotopic (exact) mass is 639 g/mol. The fourth-order valence-corrected chi connectivity index (χ4v) is 6.16. The van der Waals surface area contributed by atoms with Crippen molar-refractivity contribution in [2.75, 3.05) is 23.7 Å². The molecule has 9 nitrogen and oxygen atoms in total. The summed E-state index contributed by atoms with van der Waals surface area (Å²) in [6.07, 6.45) is 3.15. The van der Waals surface area contributed by atoms with E-state index in [2.05, 4.69) is 32.7 Å². The molecular formula is C39H37N5O4. The highest BCUT2D eigenvalue weighted by atomic mass is 16.6. The molecule has 4 aromatic carbocycles. The molecule has 1 aliphatic heterocycles. The number of benzene rings is 4. The van der Waals surface area contributed by atoms with Crippen LogP contribution < -0.4 is 10.6 Å². The van der Waals surface area contributed by atoms with Gasteiger partial charge in [0.05, 0.1) is 5.69 Å². The normalized spacial score (nSPS) is 15.0. The number of ether oxygens (including phenoxy) is 1. The predicted molar refractivity (Wildman–Crippen MR) is 189 cm³/mol. The number of nitrogens with zero attached hydrogens (tertiary/aromatic N) is 3. The van der Waals surface area contributed by atoms with Crippen molar-refractivity contribution in [3.63, 3.8) is 0 Å². The van der Waals surface area contributed by atoms with E-state index < -0.39 is 5.60 Å². The maximum atomic E-state index is 13.1. The summed E-state index contributed by atoms with van der Waals surface area (Å²) in [5, 5.41) is 8.42. The van der Waals surface area contributed by atoms with Gasteiger partial charge in [0, 0.05) is 58.3 Å². The number of nitrogens with one attached hydrogen (secondary N) is 2. The average molecular weight is 640 g/mol. The molecule has 1 saturated heterocycles. The predicted octanol–water partition coefficient (Wildman–Crippen LogP) is 9.15. The van der Waals surface area contributed by atoms with Crippen LogP contribution in [0.5, 0.6) is 0 Å². The Bertz CT molecular complexity index is 2100. The lowest BCUT2D eigenvalue weighted by Crippen LogP contribution is -2.42. The number of hydrogen-bond acceptors (Lipinski definition) is 7. The zero-order valence-corrected chi connectivity index (χ0v) is 27.2. The van der Waals surface area contributed by atoms with Crippen LogP contribution in [-0.4, -0.2) is 45.6 Å². The van der Waals surface area contributed by atoms with Gasteiger partial charge in [-0.25, -0.2) is 14.8 Å². The van der Waals surface area contributed by atoms with Gasteiger partial charge in [0.15, 0.2) is 0 Å². The molecule has 9 heteroatoms. The number of amides is 2. The van der Waals surface area contributed by atoms with Gasteiger partial charge in [-0.1, -0.05) is 42.5 Å². The maximum Gasteiger partial charge on any atom is 0.410 e. The van der Waals surface area contributed by atoms with Crippen LogP contribution >= 0.6 is 0 Å². The van der Waals surface area contributed by atoms with E-state index in [1.807, 2.05) is 106 Å². The molecule has 3 heterocycles. The zero-order valence-electron chi connectivity index (χ0n) is 27.2. The van der Waals surface area contributed by atoms with Crippen LogP contribution in [0.2, 0.25) is 0 Å². The van der Waals surface area contributed by atoms with Gasteiger partial charge in [0.1, 0.15) is 28.9 Å². The molecule has 2 amide bonds. The highest BCUT2D eigenvalue weighted by molar-refractivity contribution is 6.09. The summed E-state index contributed by atoms with van der Waals surface area (Å²) in [5.41, 5.74) is 5.90. The first-order chi connectivity index (χ1) is 23.2. The number of carbonyl (C=O) groups excluding carboxylic acids is 2. The third-order valence-corrected chi connectivity index (χ3v) is 8.48. The molecule has 0 spiro atoms. The number of likely N-dealkylation sites (tertiary alicyclic amines) is 1. The third kappa shape index (κ3) is 6.71. The molecule has 0 radical (unpaired) electrons. The van der Waals surface area contributed by atoms with Crippen LogP contribution in [0.15, 0.2) is 108 Å². The Morgan fingerprint density at radius 2 is 1.62 bits per heavy atom. The molecular weight excluding hydrogens is 602 g/mol. The Labute approximate surface area is 279 Å². The Morgan fingerprint density at radius 1 is 0.875 bits per heavy atom. The molecule has 2 N–H and O–H groups in total. The number of fused-ring (bicyclic) bond motifs is 3. The van der Waals surface area contributed by atoms with E-state index in [4.69, 9.17) is 9.15 Å². The van der Waals surface area contributed by atoms with E-state index in [1.165, 1.54) is 6.33 Å². The van der Waals surface area contributed by atoms with Crippen molar-refractivity contribution in [2.45, 2.75) is 45.1 Å². The summed E-state index contributed by atoms with van der Waals surface area (Å²) in [6, 6.07) is 31.1. The van der Waals surface area contributed by atoms with Crippen molar-refractivity contribution in [1.29, 1.82) is 0 Å². The van der Waals surface area contributed by atoms with Gasteiger partial charge in [-0.2, -0.15) is 0 Å². The summed E-state index contributed by atoms with van der Waals surface area (Å²) in [4.78, 5) is 36.4. The lowest BCUT2D eigenvalue weighted by molar-refractivity contribution is 0.0198. The summed E-state index contributed by atoms with van der Waals surface area (Å²) in [6.45, 7) is 6.93. The molecule has 1 atom stereocenters. The number of piperidine rings is 1. The molecule has 6 aromatic rings. The number of anilines is 3. The Morgan fingerprint density at radius 3 is 2.42 bits per heavy atom. The third-order valence-electron chi connectivity index (χ3n) is 8.48. The lowest BCUT2D eigenvalue weighted by atomic mass is 9.90. The van der Waals surface area contributed by atoms with Crippen LogP contribution in [0.25, 0.3) is 33.2 Å². The Hall–Kier alpha value is -5.70. The standard InChI is InChI=1S/C39H37N5O4/c1-39(2,3)48-38(46)44-21-7-8-27(23-44)25-13-15-26(16-14-25)37(45)43-29-19-17-28(18-20-29)42-35-22-33(40-24-41-35)32-11-6-10-31-30-9-4-5-12-34(30)47-36(31)32/h4-6,9-20,22,24,27H,7-8,21,23H2,1-3H3,(H,43,45)(H,40,41,42). The largest absolute Gasteiger partial charge is 0.455 e. The van der Waals surface area contributed by atoms with Crippen LogP contribution in [0, 0.1) is 0 Å². The second-order valence-corrected chi connectivity index (χ2v) is 13.1. The van der Waals surface area contributed by atoms with Crippen LogP contribution in [-0.2, 0) is 4.74 Å². The molecule has 1 fully saturated rings. The van der Waals surface area contributed by atoms with Gasteiger partial charge in [-0.05, 0) is 87.7 Å². The van der Waals surface area contributed by atoms with Gasteiger partial charge < -0.3 is 24.7 Å². The molecule has 0 bridgehead atoms. The summed E-state index contributed by atoms with van der Waals surface area (Å²) >= 11 is 0. The quantitative estimate of drug-likeness (QED) is 0.187. The van der Waals surface area contributed by atoms with Gasteiger partial charge in [-0.15, -0.1) is 0 Å². The number of furan rings is 1. The molecule has 48 heavy (non-hydrogen) atoms. The SMILES string of the molecule is CC(C)(C)OC(=O)N1CCCC(c2ccc(C(=O)Nc3ccc(Nc4cc(-c5cccc6c5oc5ccccc56)ncn4)cc3)cc2)C1. The van der Waals surface area contributed by atoms with E-state index in [-0.39, 0.29) is 17.9 Å². The van der Waals surface area contributed by atoms with Crippen molar-refractivity contribution in [3.05, 3.63) is 115 Å². The highest BCUT2D eigenvalue weighted by Crippen LogP contribution is 2.35. The molecule has 2 aromatic heterocycles. The Balaban J connectivity index is 0.982. The summed E-state index contributed by atoms with van der Waals surface area (Å²) < 4.78 is 11.8. The molecule has 242 valence electrons. The van der Waals surface area contributed by atoms with Crippen molar-refractivity contribution < 1.29 is 18.7 Å². The lowest BCUT2D eigenvalue weighted by Gasteiger charge is -2.34. The molecule has 1 aliphatic rings. The van der Waals surface area contributed by atoms with Crippen molar-refractivity contribution >= 4 is 51.1 Å². The van der Waals surface area contributed by atoms with Crippen molar-refractivity contribution in [3.8, 4) is 11.3 Å². The minimum absolute atomic E-state index is 0.193. The second kappa shape index (κ2) is 12.8. The van der Waals surface area contributed by atoms with E-state index in [0.29, 0.717) is 30.2 Å². The molecule has 0 aliphatic carbocycles. The number of carbonyl (C=O) groups is 2. The van der Waals surface area contributed by atoms with Crippen LogP contribution in [0.4, 0.5) is 22.0 Å². The number of hydrogen-bond donors (Lipinski definition) is 2. The van der Waals surface area contributed by atoms with Gasteiger partial charge >= 0.3 is 6.09 Å². The van der Waals surface area contributed by atoms with E-state index >= 15 is 0 Å². The first kappa shape index (κ1) is 30.9. The zero-order chi connectivity index (χ0) is 33.3. The second-order valence-electron chi connectivity index (χ2n) is 13.1. The number of aromatic nitrogens is 2. The van der Waals surface area contributed by atoms with Crippen molar-refractivity contribution in [1.82, 2.24) is 14.9 Å². The summed E-state index contributed by atoms with van der Waals surface area (Å²) in [7, 11) is 0. The fraction of sp³-hybridized carbons (Fsp3) is 0.231. The number of rotatable bonds is 6. The Kier molecular flexibility index (Phi) is 8.27. The fourth-order valence-electron chi connectivity index (χ4n) is 6.16.